The molecule has 2 rings (SSSR count). The van der Waals surface area contributed by atoms with Crippen molar-refractivity contribution >= 4 is 12.0 Å². The van der Waals surface area contributed by atoms with Gasteiger partial charge in [-0.05, 0) is 24.7 Å². The minimum absolute atomic E-state index is 0.0982. The highest BCUT2D eigenvalue weighted by atomic mass is 16.4. The van der Waals surface area contributed by atoms with Gasteiger partial charge in [0.15, 0.2) is 0 Å². The molecule has 0 aromatic carbocycles. The lowest BCUT2D eigenvalue weighted by atomic mass is 9.86. The zero-order valence-corrected chi connectivity index (χ0v) is 12.7. The van der Waals surface area contributed by atoms with Crippen molar-refractivity contribution < 1.29 is 14.7 Å². The van der Waals surface area contributed by atoms with Crippen LogP contribution in [0.4, 0.5) is 4.79 Å². The smallest absolute Gasteiger partial charge is 0.320 e. The first-order chi connectivity index (χ1) is 9.40. The molecule has 1 N–H and O–H groups in total. The van der Waals surface area contributed by atoms with Crippen LogP contribution >= 0.6 is 0 Å². The molecule has 2 aliphatic rings. The fourth-order valence-corrected chi connectivity index (χ4v) is 3.14. The number of likely N-dealkylation sites (tertiary alicyclic amines) is 2. The number of aliphatic carboxylic acids is 1. The number of carbonyl (C=O) groups is 2. The van der Waals surface area contributed by atoms with Crippen LogP contribution in [0.2, 0.25) is 0 Å². The third kappa shape index (κ3) is 3.07. The van der Waals surface area contributed by atoms with Crippen LogP contribution in [0.5, 0.6) is 0 Å². The van der Waals surface area contributed by atoms with Crippen molar-refractivity contribution in [2.24, 2.45) is 23.7 Å². The highest BCUT2D eigenvalue weighted by molar-refractivity contribution is 5.76. The van der Waals surface area contributed by atoms with E-state index in [1.807, 2.05) is 4.90 Å². The zero-order chi connectivity index (χ0) is 14.9. The predicted octanol–water partition coefficient (Wildman–Crippen LogP) is 2.13. The van der Waals surface area contributed by atoms with Crippen molar-refractivity contribution in [1.29, 1.82) is 0 Å². The fourth-order valence-electron chi connectivity index (χ4n) is 3.14. The van der Waals surface area contributed by atoms with Crippen LogP contribution in [-0.4, -0.2) is 53.1 Å². The van der Waals surface area contributed by atoms with Gasteiger partial charge in [0.05, 0.1) is 5.92 Å². The molecule has 0 bridgehead atoms. The molecule has 0 saturated carbocycles. The molecule has 2 saturated heterocycles. The number of carboxylic acids is 1. The minimum atomic E-state index is -0.764. The molecule has 1 atom stereocenters. The lowest BCUT2D eigenvalue weighted by molar-refractivity contribution is -0.144. The highest BCUT2D eigenvalue weighted by Gasteiger charge is 2.39. The largest absolute Gasteiger partial charge is 0.481 e. The summed E-state index contributed by atoms with van der Waals surface area (Å²) in [6.07, 6.45) is 2.18. The molecular formula is C15H26N2O3. The van der Waals surface area contributed by atoms with Crippen molar-refractivity contribution in [2.75, 3.05) is 26.2 Å². The van der Waals surface area contributed by atoms with Gasteiger partial charge in [-0.3, -0.25) is 4.79 Å². The lowest BCUT2D eigenvalue weighted by Gasteiger charge is -2.45. The Hall–Kier alpha value is -1.26. The van der Waals surface area contributed by atoms with E-state index in [-0.39, 0.29) is 17.9 Å². The van der Waals surface area contributed by atoms with Crippen molar-refractivity contribution in [3.8, 4) is 0 Å². The first-order valence-corrected chi connectivity index (χ1v) is 7.66. The first-order valence-electron chi connectivity index (χ1n) is 7.66. The van der Waals surface area contributed by atoms with E-state index in [1.54, 1.807) is 11.8 Å². The first kappa shape index (κ1) is 15.1. The molecule has 2 aliphatic heterocycles. The molecule has 20 heavy (non-hydrogen) atoms. The van der Waals surface area contributed by atoms with Crippen LogP contribution in [0, 0.1) is 23.7 Å². The van der Waals surface area contributed by atoms with E-state index in [2.05, 4.69) is 13.8 Å². The van der Waals surface area contributed by atoms with Gasteiger partial charge < -0.3 is 14.9 Å². The fraction of sp³-hybridized carbons (Fsp3) is 0.867. The van der Waals surface area contributed by atoms with E-state index in [0.717, 1.165) is 31.8 Å². The molecule has 114 valence electrons. The number of hydrogen-bond acceptors (Lipinski definition) is 2. The summed E-state index contributed by atoms with van der Waals surface area (Å²) in [6, 6.07) is 0.0982. The Kier molecular flexibility index (Phi) is 4.55. The van der Waals surface area contributed by atoms with E-state index in [0.29, 0.717) is 19.0 Å². The van der Waals surface area contributed by atoms with Crippen LogP contribution < -0.4 is 0 Å². The highest BCUT2D eigenvalue weighted by Crippen LogP contribution is 2.28. The second kappa shape index (κ2) is 6.02. The molecular weight excluding hydrogens is 256 g/mol. The molecule has 1 unspecified atom stereocenters. The summed E-state index contributed by atoms with van der Waals surface area (Å²) in [7, 11) is 0. The molecule has 0 aromatic heterocycles. The molecule has 2 fully saturated rings. The van der Waals surface area contributed by atoms with Crippen molar-refractivity contribution in [3.63, 3.8) is 0 Å². The van der Waals surface area contributed by atoms with Crippen LogP contribution in [0.15, 0.2) is 0 Å². The Balaban J connectivity index is 1.76. The number of nitrogens with zero attached hydrogens (tertiary/aromatic N) is 2. The molecule has 0 radical (unpaired) electrons. The maximum Gasteiger partial charge on any atom is 0.320 e. The van der Waals surface area contributed by atoms with Gasteiger partial charge in [0.25, 0.3) is 0 Å². The number of rotatable bonds is 3. The topological polar surface area (TPSA) is 60.9 Å². The quantitative estimate of drug-likeness (QED) is 0.862. The Bertz CT molecular complexity index is 369. The molecule has 2 heterocycles. The monoisotopic (exact) mass is 282 g/mol. The number of urea groups is 1. The summed E-state index contributed by atoms with van der Waals surface area (Å²) in [5.41, 5.74) is 0. The molecule has 0 aromatic rings. The van der Waals surface area contributed by atoms with Gasteiger partial charge in [-0.1, -0.05) is 20.8 Å². The number of carbonyl (C=O) groups excluding carboxylic acids is 1. The summed E-state index contributed by atoms with van der Waals surface area (Å²) in [5.74, 6) is 0.419. The summed E-state index contributed by atoms with van der Waals surface area (Å²) < 4.78 is 0. The van der Waals surface area contributed by atoms with Gasteiger partial charge in [-0.15, -0.1) is 0 Å². The molecule has 0 aliphatic carbocycles. The van der Waals surface area contributed by atoms with Crippen molar-refractivity contribution in [1.82, 2.24) is 9.80 Å². The number of carboxylic acid groups (broad SMARTS) is 1. The molecule has 0 spiro atoms. The van der Waals surface area contributed by atoms with Gasteiger partial charge >= 0.3 is 12.0 Å². The SMILES string of the molecule is CC(C)C1CCN(C(=O)N2CC(C(C)C(=O)O)C2)CC1. The van der Waals surface area contributed by atoms with Gasteiger partial charge in [0.1, 0.15) is 0 Å². The lowest BCUT2D eigenvalue weighted by Crippen LogP contribution is -2.58. The summed E-state index contributed by atoms with van der Waals surface area (Å²) in [6.45, 7) is 9.09. The van der Waals surface area contributed by atoms with E-state index < -0.39 is 5.97 Å². The van der Waals surface area contributed by atoms with Gasteiger partial charge in [0.2, 0.25) is 0 Å². The van der Waals surface area contributed by atoms with Crippen LogP contribution in [0.25, 0.3) is 0 Å². The summed E-state index contributed by atoms with van der Waals surface area (Å²) in [4.78, 5) is 26.9. The second-order valence-corrected chi connectivity index (χ2v) is 6.64. The molecule has 2 amide bonds. The molecule has 5 nitrogen and oxygen atoms in total. The zero-order valence-electron chi connectivity index (χ0n) is 12.7. The maximum atomic E-state index is 12.3. The Morgan fingerprint density at radius 2 is 1.55 bits per heavy atom. The summed E-state index contributed by atoms with van der Waals surface area (Å²) >= 11 is 0. The summed E-state index contributed by atoms with van der Waals surface area (Å²) in [5, 5.41) is 8.96. The van der Waals surface area contributed by atoms with Crippen LogP contribution in [0.1, 0.15) is 33.6 Å². The van der Waals surface area contributed by atoms with Crippen LogP contribution in [-0.2, 0) is 4.79 Å². The average Bonchev–Trinajstić information content (AvgIpc) is 2.36. The third-order valence-corrected chi connectivity index (χ3v) is 5.03. The molecule has 5 heteroatoms. The third-order valence-electron chi connectivity index (χ3n) is 5.03. The van der Waals surface area contributed by atoms with Crippen molar-refractivity contribution in [2.45, 2.75) is 33.6 Å². The van der Waals surface area contributed by atoms with E-state index in [1.165, 1.54) is 0 Å². The van der Waals surface area contributed by atoms with Crippen LogP contribution in [0.3, 0.4) is 0 Å². The van der Waals surface area contributed by atoms with Gasteiger partial charge in [0, 0.05) is 32.1 Å². The predicted molar refractivity (Wildman–Crippen MR) is 76.4 cm³/mol. The minimum Gasteiger partial charge on any atom is -0.481 e. The Morgan fingerprint density at radius 1 is 1.00 bits per heavy atom. The van der Waals surface area contributed by atoms with Gasteiger partial charge in [-0.2, -0.15) is 0 Å². The average molecular weight is 282 g/mol. The number of amides is 2. The normalized spacial score (nSPS) is 22.8. The maximum absolute atomic E-state index is 12.3. The van der Waals surface area contributed by atoms with Crippen molar-refractivity contribution in [3.05, 3.63) is 0 Å². The Morgan fingerprint density at radius 3 is 2.00 bits per heavy atom. The number of piperidine rings is 1. The van der Waals surface area contributed by atoms with E-state index in [4.69, 9.17) is 5.11 Å². The Labute approximate surface area is 120 Å². The van der Waals surface area contributed by atoms with Gasteiger partial charge in [-0.25, -0.2) is 4.79 Å². The second-order valence-electron chi connectivity index (χ2n) is 6.64. The standard InChI is InChI=1S/C15H26N2O3/c1-10(2)12-4-6-16(7-5-12)15(20)17-8-13(9-17)11(3)14(18)19/h10-13H,4-9H2,1-3H3,(H,18,19). The number of hydrogen-bond donors (Lipinski definition) is 1. The van der Waals surface area contributed by atoms with E-state index in [9.17, 15) is 9.59 Å². The van der Waals surface area contributed by atoms with E-state index >= 15 is 0 Å².